The maximum atomic E-state index is 13.4. The minimum absolute atomic E-state index is 0.0754. The maximum Gasteiger partial charge on any atom is 0.416 e. The predicted octanol–water partition coefficient (Wildman–Crippen LogP) is 3.77. The molecule has 2 aliphatic rings. The third-order valence-corrected chi connectivity index (χ3v) is 6.40. The lowest BCUT2D eigenvalue weighted by molar-refractivity contribution is -0.163. The summed E-state index contributed by atoms with van der Waals surface area (Å²) in [5.74, 6) is -2.08. The molecular formula is C23H28F6N6O. The van der Waals surface area contributed by atoms with Crippen molar-refractivity contribution >= 4 is 23.6 Å². The first-order chi connectivity index (χ1) is 16.8. The molecular weight excluding hydrogens is 490 g/mol. The Morgan fingerprint density at radius 3 is 2.19 bits per heavy atom. The van der Waals surface area contributed by atoms with Crippen LogP contribution in [0, 0.1) is 17.2 Å². The molecule has 1 aromatic rings. The van der Waals surface area contributed by atoms with E-state index in [1.54, 1.807) is 0 Å². The van der Waals surface area contributed by atoms with E-state index >= 15 is 0 Å². The molecule has 198 valence electrons. The molecule has 7 N–H and O–H groups in total. The number of amidine groups is 1. The maximum absolute atomic E-state index is 13.4. The van der Waals surface area contributed by atoms with Crippen LogP contribution in [0.3, 0.4) is 0 Å². The number of primary amides is 1. The Morgan fingerprint density at radius 1 is 1.06 bits per heavy atom. The molecule has 0 spiro atoms. The molecule has 0 saturated heterocycles. The molecule has 0 radical (unpaired) electrons. The number of nitrogens with zero attached hydrogens (tertiary/aromatic N) is 1. The molecule has 2 fully saturated rings. The second-order valence-corrected chi connectivity index (χ2v) is 9.10. The van der Waals surface area contributed by atoms with Crippen LogP contribution in [0.1, 0.15) is 37.7 Å². The van der Waals surface area contributed by atoms with Gasteiger partial charge in [0.15, 0.2) is 0 Å². The molecule has 2 aliphatic carbocycles. The van der Waals surface area contributed by atoms with E-state index in [0.717, 1.165) is 30.5 Å². The van der Waals surface area contributed by atoms with Gasteiger partial charge < -0.3 is 27.5 Å². The number of rotatable bonds is 9. The summed E-state index contributed by atoms with van der Waals surface area (Å²) in [6.45, 7) is 0. The Kier molecular flexibility index (Phi) is 8.32. The molecule has 2 saturated carbocycles. The molecule has 36 heavy (non-hydrogen) atoms. The van der Waals surface area contributed by atoms with Gasteiger partial charge in [0, 0.05) is 30.4 Å². The molecule has 0 bridgehead atoms. The Balaban J connectivity index is 1.66. The number of amides is 1. The number of alkyl halides is 6. The second-order valence-electron chi connectivity index (χ2n) is 9.10. The number of benzene rings is 1. The fraction of sp³-hybridized carbons (Fsp3) is 0.522. The first kappa shape index (κ1) is 27.5. The second kappa shape index (κ2) is 10.9. The van der Waals surface area contributed by atoms with E-state index in [2.05, 4.69) is 15.6 Å². The van der Waals surface area contributed by atoms with E-state index in [1.165, 1.54) is 6.20 Å². The summed E-state index contributed by atoms with van der Waals surface area (Å²) < 4.78 is 78.3. The molecule has 0 aromatic heterocycles. The van der Waals surface area contributed by atoms with Crippen LogP contribution >= 0.6 is 0 Å². The summed E-state index contributed by atoms with van der Waals surface area (Å²) >= 11 is 0. The number of nitrogens with one attached hydrogen (secondary N) is 3. The number of hydrogen-bond acceptors (Lipinski definition) is 5. The quantitative estimate of drug-likeness (QED) is 0.148. The van der Waals surface area contributed by atoms with Gasteiger partial charge >= 0.3 is 12.4 Å². The van der Waals surface area contributed by atoms with E-state index in [4.69, 9.17) is 16.9 Å². The van der Waals surface area contributed by atoms with Crippen LogP contribution in [0.5, 0.6) is 0 Å². The van der Waals surface area contributed by atoms with Crippen molar-refractivity contribution < 1.29 is 31.1 Å². The van der Waals surface area contributed by atoms with Crippen LogP contribution in [-0.4, -0.2) is 42.3 Å². The van der Waals surface area contributed by atoms with Crippen LogP contribution in [0.4, 0.5) is 32.0 Å². The van der Waals surface area contributed by atoms with Crippen LogP contribution in [0.15, 0.2) is 41.0 Å². The Labute approximate surface area is 203 Å². The Hall–Kier alpha value is -3.09. The fourth-order valence-corrected chi connectivity index (χ4v) is 4.32. The molecule has 13 heteroatoms. The number of aliphatic imine (C=N–C) groups is 1. The first-order valence-corrected chi connectivity index (χ1v) is 11.4. The zero-order valence-corrected chi connectivity index (χ0v) is 19.2. The highest BCUT2D eigenvalue weighted by Crippen LogP contribution is 2.41. The monoisotopic (exact) mass is 518 g/mol. The summed E-state index contributed by atoms with van der Waals surface area (Å²) in [7, 11) is 0. The molecule has 0 aliphatic heterocycles. The van der Waals surface area contributed by atoms with Gasteiger partial charge in [0.1, 0.15) is 11.9 Å². The first-order valence-electron chi connectivity index (χ1n) is 11.4. The molecule has 4 atom stereocenters. The van der Waals surface area contributed by atoms with Crippen LogP contribution < -0.4 is 22.1 Å². The van der Waals surface area contributed by atoms with E-state index in [9.17, 15) is 31.1 Å². The highest BCUT2D eigenvalue weighted by molar-refractivity contribution is 6.20. The van der Waals surface area contributed by atoms with E-state index in [-0.39, 0.29) is 23.1 Å². The lowest BCUT2D eigenvalue weighted by atomic mass is 9.81. The van der Waals surface area contributed by atoms with Gasteiger partial charge in [-0.05, 0) is 62.3 Å². The summed E-state index contributed by atoms with van der Waals surface area (Å²) in [6, 6.07) is 1.51. The topological polar surface area (TPSA) is 129 Å². The summed E-state index contributed by atoms with van der Waals surface area (Å²) in [4.78, 5) is 15.9. The van der Waals surface area contributed by atoms with Gasteiger partial charge in [-0.2, -0.15) is 26.3 Å². The lowest BCUT2D eigenvalue weighted by Crippen LogP contribution is -2.53. The van der Waals surface area contributed by atoms with Gasteiger partial charge in [0.2, 0.25) is 0 Å². The van der Waals surface area contributed by atoms with Gasteiger partial charge in [0.25, 0.3) is 5.91 Å². The van der Waals surface area contributed by atoms with Crippen LogP contribution in [0.25, 0.3) is 0 Å². The van der Waals surface area contributed by atoms with E-state index < -0.39 is 47.7 Å². The van der Waals surface area contributed by atoms with Crippen molar-refractivity contribution in [1.29, 1.82) is 5.41 Å². The highest BCUT2D eigenvalue weighted by atomic mass is 19.4. The van der Waals surface area contributed by atoms with Crippen molar-refractivity contribution in [2.75, 3.05) is 0 Å². The lowest BCUT2D eigenvalue weighted by Gasteiger charge is -2.37. The van der Waals surface area contributed by atoms with Crippen LogP contribution in [-0.2, 0) is 11.0 Å². The number of hydrogen-bond donors (Lipinski definition) is 5. The predicted molar refractivity (Wildman–Crippen MR) is 123 cm³/mol. The highest BCUT2D eigenvalue weighted by Gasteiger charge is 2.49. The SMILES string of the molecule is N=C[C@H]1C[C@H](NC(C2CC2)C(F)(F)F)CC[C@@H]1N/C=C(/C(N)=O)C(N)=Nc1ccc(C(F)(F)F)cc1. The van der Waals surface area contributed by atoms with Gasteiger partial charge in [-0.3, -0.25) is 4.79 Å². The zero-order chi connectivity index (χ0) is 26.7. The number of nitrogens with two attached hydrogens (primary N) is 2. The van der Waals surface area contributed by atoms with Gasteiger partial charge in [0.05, 0.1) is 16.8 Å². The largest absolute Gasteiger partial charge is 0.416 e. The van der Waals surface area contributed by atoms with Gasteiger partial charge in [-0.1, -0.05) is 0 Å². The standard InChI is InChI=1S/C23H28F6N6O/c24-22(25,26)14-3-5-15(6-4-14)35-20(31)17(21(32)36)11-33-18-8-7-16(9-13(18)10-30)34-19(12-1-2-12)23(27,28)29/h3-6,10-13,16,18-19,30,33-34H,1-2,7-9H2,(H2,31,35)(H2,32,36)/b17-11+,30-10?/t13-,16-,18+,19?/m1/s1. The van der Waals surface area contributed by atoms with Gasteiger partial charge in [-0.25, -0.2) is 4.99 Å². The minimum atomic E-state index is -4.51. The van der Waals surface area contributed by atoms with Crippen molar-refractivity contribution in [3.05, 3.63) is 41.6 Å². The average molecular weight is 519 g/mol. The third-order valence-electron chi connectivity index (χ3n) is 6.40. The number of carbonyl (C=O) groups excluding carboxylic acids is 1. The number of carbonyl (C=O) groups is 1. The van der Waals surface area contributed by atoms with Crippen molar-refractivity contribution in [2.24, 2.45) is 28.3 Å². The molecule has 0 heterocycles. The Morgan fingerprint density at radius 2 is 1.69 bits per heavy atom. The molecule has 1 amide bonds. The van der Waals surface area contributed by atoms with Crippen molar-refractivity contribution in [3.63, 3.8) is 0 Å². The van der Waals surface area contributed by atoms with Crippen molar-refractivity contribution in [3.8, 4) is 0 Å². The van der Waals surface area contributed by atoms with E-state index in [1.807, 2.05) is 0 Å². The summed E-state index contributed by atoms with van der Waals surface area (Å²) in [5, 5.41) is 13.4. The summed E-state index contributed by atoms with van der Waals surface area (Å²) in [6.07, 6.45) is -4.24. The molecule has 1 aromatic carbocycles. The fourth-order valence-electron chi connectivity index (χ4n) is 4.32. The molecule has 3 rings (SSSR count). The molecule has 1 unspecified atom stereocenters. The normalized spacial score (nSPS) is 24.8. The van der Waals surface area contributed by atoms with Crippen molar-refractivity contribution in [1.82, 2.24) is 10.6 Å². The average Bonchev–Trinajstić information content (AvgIpc) is 3.62. The summed E-state index contributed by atoms with van der Waals surface area (Å²) in [5.41, 5.74) is 10.2. The zero-order valence-electron chi connectivity index (χ0n) is 19.2. The minimum Gasteiger partial charge on any atom is -0.387 e. The smallest absolute Gasteiger partial charge is 0.387 e. The van der Waals surface area contributed by atoms with Gasteiger partial charge in [-0.15, -0.1) is 0 Å². The third kappa shape index (κ3) is 7.21. The number of halogens is 6. The molecule has 7 nitrogen and oxygen atoms in total. The van der Waals surface area contributed by atoms with Crippen LogP contribution in [0.2, 0.25) is 0 Å². The Bertz CT molecular complexity index is 1000. The van der Waals surface area contributed by atoms with Crippen molar-refractivity contribution in [2.45, 2.75) is 62.6 Å². The van der Waals surface area contributed by atoms with E-state index in [0.29, 0.717) is 32.1 Å².